The van der Waals surface area contributed by atoms with Crippen LogP contribution in [0.3, 0.4) is 0 Å². The molecule has 90 valence electrons. The van der Waals surface area contributed by atoms with Crippen molar-refractivity contribution in [2.24, 2.45) is 5.73 Å². The molecular weight excluding hydrogens is 213 g/mol. The fraction of sp³-hybridized carbons (Fsp3) is 0.455. The van der Waals surface area contributed by atoms with Crippen LogP contribution < -0.4 is 15.2 Å². The summed E-state index contributed by atoms with van der Waals surface area (Å²) in [7, 11) is 2.69. The monoisotopic (exact) mass is 229 g/mol. The maximum atomic E-state index is 13.6. The summed E-state index contributed by atoms with van der Waals surface area (Å²) in [6, 6.07) is 2.36. The minimum atomic E-state index is -0.886. The van der Waals surface area contributed by atoms with Crippen molar-refractivity contribution in [1.82, 2.24) is 0 Å². The van der Waals surface area contributed by atoms with E-state index < -0.39 is 18.0 Å². The molecule has 0 aliphatic rings. The highest BCUT2D eigenvalue weighted by atomic mass is 19.1. The molecule has 0 fully saturated rings. The third-order valence-corrected chi connectivity index (χ3v) is 2.31. The maximum absolute atomic E-state index is 13.6. The lowest BCUT2D eigenvalue weighted by molar-refractivity contribution is 0.152. The van der Waals surface area contributed by atoms with Gasteiger partial charge in [-0.05, 0) is 24.6 Å². The van der Waals surface area contributed by atoms with E-state index >= 15 is 0 Å². The van der Waals surface area contributed by atoms with Gasteiger partial charge in [0.05, 0.1) is 20.3 Å². The van der Waals surface area contributed by atoms with Crippen molar-refractivity contribution in [3.63, 3.8) is 0 Å². The average molecular weight is 229 g/mol. The van der Waals surface area contributed by atoms with Crippen LogP contribution in [0.4, 0.5) is 4.39 Å². The molecule has 0 amide bonds. The summed E-state index contributed by atoms with van der Waals surface area (Å²) in [6.07, 6.45) is -0.886. The second kappa shape index (κ2) is 5.14. The van der Waals surface area contributed by atoms with Crippen molar-refractivity contribution in [3.05, 3.63) is 23.5 Å². The Hall–Kier alpha value is -1.33. The number of nitrogens with two attached hydrogens (primary N) is 1. The molecule has 0 saturated carbocycles. The molecule has 2 atom stereocenters. The van der Waals surface area contributed by atoms with Gasteiger partial charge in [0.25, 0.3) is 0 Å². The Bertz CT molecular complexity index is 343. The quantitative estimate of drug-likeness (QED) is 0.814. The highest BCUT2D eigenvalue weighted by Gasteiger charge is 2.18. The van der Waals surface area contributed by atoms with E-state index in [1.54, 1.807) is 6.92 Å². The van der Waals surface area contributed by atoms with Crippen LogP contribution in [0.15, 0.2) is 12.1 Å². The molecule has 1 rings (SSSR count). The van der Waals surface area contributed by atoms with E-state index in [0.717, 1.165) is 0 Å². The van der Waals surface area contributed by atoms with E-state index in [-0.39, 0.29) is 11.5 Å². The number of hydrogen-bond donors (Lipinski definition) is 2. The van der Waals surface area contributed by atoms with Crippen LogP contribution in [0, 0.1) is 5.82 Å². The molecule has 0 unspecified atom stereocenters. The number of halogens is 1. The molecule has 1 aromatic rings. The van der Waals surface area contributed by atoms with E-state index in [1.807, 2.05) is 0 Å². The number of aliphatic hydroxyl groups is 1. The summed E-state index contributed by atoms with van der Waals surface area (Å²) in [5, 5.41) is 9.77. The molecule has 0 radical (unpaired) electrons. The molecule has 0 heterocycles. The third kappa shape index (κ3) is 2.43. The molecule has 0 spiro atoms. The zero-order valence-electron chi connectivity index (χ0n) is 9.53. The zero-order valence-corrected chi connectivity index (χ0v) is 9.53. The van der Waals surface area contributed by atoms with Crippen LogP contribution in [-0.4, -0.2) is 25.4 Å². The number of rotatable bonds is 4. The zero-order chi connectivity index (χ0) is 12.3. The SMILES string of the molecule is COc1cc([C@@H](O)[C@H](C)N)cc(OC)c1F. The van der Waals surface area contributed by atoms with Crippen molar-refractivity contribution in [2.45, 2.75) is 19.1 Å². The second-order valence-electron chi connectivity index (χ2n) is 3.54. The molecule has 3 N–H and O–H groups in total. The molecule has 0 aliphatic carbocycles. The number of hydrogen-bond acceptors (Lipinski definition) is 4. The largest absolute Gasteiger partial charge is 0.494 e. The van der Waals surface area contributed by atoms with Crippen LogP contribution in [0.25, 0.3) is 0 Å². The lowest BCUT2D eigenvalue weighted by Gasteiger charge is -2.17. The van der Waals surface area contributed by atoms with E-state index in [1.165, 1.54) is 26.4 Å². The van der Waals surface area contributed by atoms with Gasteiger partial charge in [0, 0.05) is 6.04 Å². The molecule has 1 aromatic carbocycles. The number of methoxy groups -OCH3 is 2. The first-order chi connectivity index (χ1) is 7.51. The van der Waals surface area contributed by atoms with Crippen LogP contribution in [-0.2, 0) is 0 Å². The van der Waals surface area contributed by atoms with Gasteiger partial charge in [-0.2, -0.15) is 4.39 Å². The Morgan fingerprint density at radius 2 is 1.69 bits per heavy atom. The number of ether oxygens (including phenoxy) is 2. The smallest absolute Gasteiger partial charge is 0.206 e. The van der Waals surface area contributed by atoms with Gasteiger partial charge >= 0.3 is 0 Å². The average Bonchev–Trinajstić information content (AvgIpc) is 2.28. The lowest BCUT2D eigenvalue weighted by atomic mass is 10.0. The van der Waals surface area contributed by atoms with Gasteiger partial charge in [0.1, 0.15) is 0 Å². The minimum Gasteiger partial charge on any atom is -0.494 e. The Morgan fingerprint density at radius 3 is 2.00 bits per heavy atom. The Kier molecular flexibility index (Phi) is 4.09. The van der Waals surface area contributed by atoms with Gasteiger partial charge in [-0.1, -0.05) is 0 Å². The summed E-state index contributed by atoms with van der Waals surface area (Å²) >= 11 is 0. The van der Waals surface area contributed by atoms with E-state index in [0.29, 0.717) is 5.56 Å². The van der Waals surface area contributed by atoms with Crippen LogP contribution >= 0.6 is 0 Å². The van der Waals surface area contributed by atoms with E-state index in [2.05, 4.69) is 0 Å². The summed E-state index contributed by atoms with van der Waals surface area (Å²) in [5.41, 5.74) is 6.03. The fourth-order valence-electron chi connectivity index (χ4n) is 1.36. The van der Waals surface area contributed by atoms with Gasteiger partial charge in [-0.25, -0.2) is 0 Å². The van der Waals surface area contributed by atoms with Crippen LogP contribution in [0.2, 0.25) is 0 Å². The summed E-state index contributed by atoms with van der Waals surface area (Å²) in [4.78, 5) is 0. The molecule has 16 heavy (non-hydrogen) atoms. The van der Waals surface area contributed by atoms with Gasteiger partial charge in [-0.3, -0.25) is 0 Å². The topological polar surface area (TPSA) is 64.7 Å². The van der Waals surface area contributed by atoms with Crippen LogP contribution in [0.5, 0.6) is 11.5 Å². The van der Waals surface area contributed by atoms with Crippen molar-refractivity contribution >= 4 is 0 Å². The number of benzene rings is 1. The fourth-order valence-corrected chi connectivity index (χ4v) is 1.36. The minimum absolute atomic E-state index is 0.0223. The normalized spacial score (nSPS) is 14.4. The first-order valence-corrected chi connectivity index (χ1v) is 4.86. The van der Waals surface area contributed by atoms with Gasteiger partial charge in [0.2, 0.25) is 5.82 Å². The molecule has 0 saturated heterocycles. The molecule has 4 nitrogen and oxygen atoms in total. The van der Waals surface area contributed by atoms with E-state index in [9.17, 15) is 9.50 Å². The first kappa shape index (κ1) is 12.7. The molecule has 0 bridgehead atoms. The standard InChI is InChI=1S/C11H16FNO3/c1-6(13)11(14)7-4-8(15-2)10(12)9(5-7)16-3/h4-6,11,14H,13H2,1-3H3/t6-,11-/m0/s1. The first-order valence-electron chi connectivity index (χ1n) is 4.86. The maximum Gasteiger partial charge on any atom is 0.206 e. The van der Waals surface area contributed by atoms with Crippen molar-refractivity contribution in [3.8, 4) is 11.5 Å². The summed E-state index contributed by atoms with van der Waals surface area (Å²) < 4.78 is 23.3. The lowest BCUT2D eigenvalue weighted by Crippen LogP contribution is -2.24. The Labute approximate surface area is 93.8 Å². The molecule has 0 aliphatic heterocycles. The Morgan fingerprint density at radius 1 is 1.25 bits per heavy atom. The van der Waals surface area contributed by atoms with Crippen molar-refractivity contribution in [1.29, 1.82) is 0 Å². The Balaban J connectivity index is 3.21. The highest BCUT2D eigenvalue weighted by molar-refractivity contribution is 5.41. The molecule has 5 heteroatoms. The van der Waals surface area contributed by atoms with Crippen molar-refractivity contribution in [2.75, 3.05) is 14.2 Å². The highest BCUT2D eigenvalue weighted by Crippen LogP contribution is 2.31. The summed E-state index contributed by atoms with van der Waals surface area (Å²) in [5.74, 6) is -0.547. The third-order valence-electron chi connectivity index (χ3n) is 2.31. The number of aliphatic hydroxyl groups excluding tert-OH is 1. The summed E-state index contributed by atoms with van der Waals surface area (Å²) in [6.45, 7) is 1.66. The van der Waals surface area contributed by atoms with Gasteiger partial charge < -0.3 is 20.3 Å². The molecular formula is C11H16FNO3. The van der Waals surface area contributed by atoms with Crippen molar-refractivity contribution < 1.29 is 19.0 Å². The van der Waals surface area contributed by atoms with Crippen LogP contribution in [0.1, 0.15) is 18.6 Å². The van der Waals surface area contributed by atoms with Gasteiger partial charge in [-0.15, -0.1) is 0 Å². The predicted molar refractivity (Wildman–Crippen MR) is 58.1 cm³/mol. The molecule has 0 aromatic heterocycles. The predicted octanol–water partition coefficient (Wildman–Crippen LogP) is 1.22. The van der Waals surface area contributed by atoms with E-state index in [4.69, 9.17) is 15.2 Å². The second-order valence-corrected chi connectivity index (χ2v) is 3.54. The van der Waals surface area contributed by atoms with Gasteiger partial charge in [0.15, 0.2) is 11.5 Å².